The van der Waals surface area contributed by atoms with Crippen molar-refractivity contribution < 1.29 is 9.18 Å². The quantitative estimate of drug-likeness (QED) is 0.448. The predicted octanol–water partition coefficient (Wildman–Crippen LogP) is 3.79. The molecule has 0 radical (unpaired) electrons. The van der Waals surface area contributed by atoms with Crippen molar-refractivity contribution in [2.45, 2.75) is 6.92 Å². The number of carbonyl (C=O) groups excluding carboxylic acids is 1. The minimum atomic E-state index is -0.473. The van der Waals surface area contributed by atoms with Gasteiger partial charge in [0.1, 0.15) is 22.1 Å². The maximum Gasteiger partial charge on any atom is 0.273 e. The van der Waals surface area contributed by atoms with Crippen LogP contribution in [0.5, 0.6) is 0 Å². The average Bonchev–Trinajstić information content (AvgIpc) is 3.33. The number of halogens is 1. The molecule has 0 saturated carbocycles. The van der Waals surface area contributed by atoms with Gasteiger partial charge in [0.25, 0.3) is 5.56 Å². The Balaban J connectivity index is 2.06. The number of nitriles is 1. The van der Waals surface area contributed by atoms with Crippen molar-refractivity contribution in [3.8, 4) is 11.8 Å². The number of rotatable bonds is 4. The third-order valence-electron chi connectivity index (χ3n) is 4.53. The van der Waals surface area contributed by atoms with Crippen LogP contribution < -0.4 is 14.8 Å². The van der Waals surface area contributed by atoms with E-state index in [0.717, 1.165) is 21.1 Å². The van der Waals surface area contributed by atoms with Gasteiger partial charge in [0.05, 0.1) is 10.2 Å². The van der Waals surface area contributed by atoms with E-state index in [0.29, 0.717) is 15.8 Å². The summed E-state index contributed by atoms with van der Waals surface area (Å²) < 4.78 is 15.4. The molecule has 4 nitrogen and oxygen atoms in total. The summed E-state index contributed by atoms with van der Waals surface area (Å²) in [6.07, 6.45) is 1.75. The van der Waals surface area contributed by atoms with Gasteiger partial charge in [-0.2, -0.15) is 5.26 Å². The molecule has 0 amide bonds. The smallest absolute Gasteiger partial charge is 0.273 e. The SMILES string of the molecule is Cc1ccc(C=c2sc(=C(C#N)C(=O)c3ccccc3)n(-c3ccc(F)cc3)c2=O)s1. The Bertz CT molecular complexity index is 1490. The second kappa shape index (κ2) is 8.64. The lowest BCUT2D eigenvalue weighted by atomic mass is 10.1. The van der Waals surface area contributed by atoms with Gasteiger partial charge in [0, 0.05) is 15.3 Å². The van der Waals surface area contributed by atoms with Gasteiger partial charge in [0.2, 0.25) is 5.78 Å². The number of thiophene rings is 1. The van der Waals surface area contributed by atoms with Crippen molar-refractivity contribution >= 4 is 40.1 Å². The molecule has 0 aliphatic heterocycles. The second-order valence-corrected chi connectivity index (χ2v) is 9.01. The van der Waals surface area contributed by atoms with Gasteiger partial charge in [-0.1, -0.05) is 30.3 Å². The standard InChI is InChI=1S/C24H15FN2O2S2/c1-15-7-12-19(30-15)13-21-23(29)27(18-10-8-17(25)9-11-18)24(31-21)20(14-26)22(28)16-5-3-2-4-6-16/h2-13H,1H3. The fourth-order valence-electron chi connectivity index (χ4n) is 3.06. The molecule has 0 aliphatic rings. The van der Waals surface area contributed by atoms with Gasteiger partial charge < -0.3 is 0 Å². The monoisotopic (exact) mass is 446 g/mol. The van der Waals surface area contributed by atoms with E-state index < -0.39 is 11.6 Å². The highest BCUT2D eigenvalue weighted by atomic mass is 32.1. The number of carbonyl (C=O) groups is 1. The number of aryl methyl sites for hydroxylation is 1. The predicted molar refractivity (Wildman–Crippen MR) is 122 cm³/mol. The number of Topliss-reactive ketones (excluding diaryl/α,β-unsaturated/α-hetero) is 1. The van der Waals surface area contributed by atoms with Gasteiger partial charge in [-0.15, -0.1) is 22.7 Å². The van der Waals surface area contributed by atoms with E-state index in [4.69, 9.17) is 0 Å². The Labute approximate surface area is 185 Å². The van der Waals surface area contributed by atoms with E-state index in [9.17, 15) is 19.2 Å². The minimum absolute atomic E-state index is 0.139. The molecule has 31 heavy (non-hydrogen) atoms. The first kappa shape index (κ1) is 20.7. The Morgan fingerprint density at radius 3 is 2.35 bits per heavy atom. The van der Waals surface area contributed by atoms with Crippen LogP contribution in [-0.4, -0.2) is 10.4 Å². The molecule has 7 heteroatoms. The second-order valence-electron chi connectivity index (χ2n) is 6.66. The summed E-state index contributed by atoms with van der Waals surface area (Å²) in [5.74, 6) is -0.919. The normalized spacial score (nSPS) is 12.5. The molecule has 4 aromatic rings. The van der Waals surface area contributed by atoms with Crippen LogP contribution in [0.2, 0.25) is 0 Å². The number of benzene rings is 2. The fourth-order valence-corrected chi connectivity index (χ4v) is 5.05. The Morgan fingerprint density at radius 1 is 1.03 bits per heavy atom. The number of nitrogens with zero attached hydrogens (tertiary/aromatic N) is 2. The number of hydrogen-bond donors (Lipinski definition) is 0. The van der Waals surface area contributed by atoms with E-state index >= 15 is 0 Å². The van der Waals surface area contributed by atoms with Crippen LogP contribution in [0.25, 0.3) is 17.3 Å². The van der Waals surface area contributed by atoms with Crippen LogP contribution in [0, 0.1) is 24.1 Å². The lowest BCUT2D eigenvalue weighted by Crippen LogP contribution is -2.31. The minimum Gasteiger partial charge on any atom is -0.288 e. The summed E-state index contributed by atoms with van der Waals surface area (Å²) in [5.41, 5.74) is 0.226. The van der Waals surface area contributed by atoms with Crippen molar-refractivity contribution in [3.63, 3.8) is 0 Å². The van der Waals surface area contributed by atoms with E-state index in [1.54, 1.807) is 36.4 Å². The molecule has 2 heterocycles. The maximum atomic E-state index is 13.5. The first-order valence-electron chi connectivity index (χ1n) is 9.28. The third kappa shape index (κ3) is 4.17. The zero-order chi connectivity index (χ0) is 22.0. The lowest BCUT2D eigenvalue weighted by Gasteiger charge is -2.04. The molecular weight excluding hydrogens is 431 g/mol. The summed E-state index contributed by atoms with van der Waals surface area (Å²) in [4.78, 5) is 28.3. The Kier molecular flexibility index (Phi) is 5.76. The van der Waals surface area contributed by atoms with Crippen LogP contribution in [0.4, 0.5) is 4.39 Å². The molecule has 2 aromatic carbocycles. The lowest BCUT2D eigenvalue weighted by molar-refractivity contribution is 0.105. The van der Waals surface area contributed by atoms with Crippen molar-refractivity contribution in [2.24, 2.45) is 0 Å². The average molecular weight is 447 g/mol. The zero-order valence-corrected chi connectivity index (χ0v) is 18.0. The Morgan fingerprint density at radius 2 is 1.74 bits per heavy atom. The van der Waals surface area contributed by atoms with Crippen LogP contribution >= 0.6 is 22.7 Å². The number of aromatic nitrogens is 1. The topological polar surface area (TPSA) is 62.9 Å². The van der Waals surface area contributed by atoms with Crippen LogP contribution in [0.3, 0.4) is 0 Å². The number of thiazole rings is 1. The van der Waals surface area contributed by atoms with E-state index in [2.05, 4.69) is 0 Å². The van der Waals surface area contributed by atoms with E-state index in [1.165, 1.54) is 40.2 Å². The summed E-state index contributed by atoms with van der Waals surface area (Å²) in [6, 6.07) is 19.7. The van der Waals surface area contributed by atoms with Crippen molar-refractivity contribution in [3.05, 3.63) is 107 Å². The zero-order valence-electron chi connectivity index (χ0n) is 16.3. The molecular formula is C24H15FN2O2S2. The van der Waals surface area contributed by atoms with Gasteiger partial charge in [-0.05, 0) is 49.4 Å². The largest absolute Gasteiger partial charge is 0.288 e. The highest BCUT2D eigenvalue weighted by Crippen LogP contribution is 2.15. The molecule has 0 fully saturated rings. The van der Waals surface area contributed by atoms with Crippen LogP contribution in [0.1, 0.15) is 20.1 Å². The maximum absolute atomic E-state index is 13.5. The fraction of sp³-hybridized carbons (Fsp3) is 0.0417. The molecule has 0 N–H and O–H groups in total. The van der Waals surface area contributed by atoms with Crippen molar-refractivity contribution in [1.82, 2.24) is 4.57 Å². The van der Waals surface area contributed by atoms with E-state index in [-0.39, 0.29) is 15.8 Å². The summed E-state index contributed by atoms with van der Waals surface area (Å²) >= 11 is 2.61. The molecule has 0 atom stereocenters. The Hall–Kier alpha value is -3.60. The van der Waals surface area contributed by atoms with E-state index in [1.807, 2.05) is 25.1 Å². The molecule has 152 valence electrons. The first-order valence-corrected chi connectivity index (χ1v) is 10.9. The third-order valence-corrected chi connectivity index (χ3v) is 6.57. The molecule has 0 spiro atoms. The molecule has 2 aromatic heterocycles. The number of hydrogen-bond acceptors (Lipinski definition) is 5. The van der Waals surface area contributed by atoms with Gasteiger partial charge in [-0.25, -0.2) is 4.39 Å². The summed E-state index contributed by atoms with van der Waals surface area (Å²) in [7, 11) is 0. The number of ketones is 1. The highest BCUT2D eigenvalue weighted by Gasteiger charge is 2.18. The molecule has 0 saturated heterocycles. The molecule has 0 unspecified atom stereocenters. The van der Waals surface area contributed by atoms with Gasteiger partial charge >= 0.3 is 0 Å². The van der Waals surface area contributed by atoms with Crippen LogP contribution in [0.15, 0.2) is 71.5 Å². The molecule has 0 aliphatic carbocycles. The van der Waals surface area contributed by atoms with Crippen LogP contribution in [-0.2, 0) is 0 Å². The van der Waals surface area contributed by atoms with Gasteiger partial charge in [-0.3, -0.25) is 14.2 Å². The summed E-state index contributed by atoms with van der Waals surface area (Å²) in [5, 5.41) is 9.84. The highest BCUT2D eigenvalue weighted by molar-refractivity contribution is 7.13. The van der Waals surface area contributed by atoms with Crippen molar-refractivity contribution in [2.75, 3.05) is 0 Å². The summed E-state index contributed by atoms with van der Waals surface area (Å²) in [6.45, 7) is 1.97. The van der Waals surface area contributed by atoms with Gasteiger partial charge in [0.15, 0.2) is 0 Å². The molecule has 0 bridgehead atoms. The molecule has 4 rings (SSSR count). The first-order chi connectivity index (χ1) is 15.0. The van der Waals surface area contributed by atoms with Crippen molar-refractivity contribution in [1.29, 1.82) is 5.26 Å².